The van der Waals surface area contributed by atoms with Crippen molar-refractivity contribution in [2.45, 2.75) is 38.6 Å². The van der Waals surface area contributed by atoms with Gasteiger partial charge in [0.2, 0.25) is 5.88 Å². The smallest absolute Gasteiger partial charge is 0.212 e. The number of fused-ring (bicyclic) bond motifs is 1. The first-order valence-corrected chi connectivity index (χ1v) is 9.92. The van der Waals surface area contributed by atoms with Gasteiger partial charge in [-0.05, 0) is 49.2 Å². The van der Waals surface area contributed by atoms with E-state index in [0.717, 1.165) is 35.7 Å². The van der Waals surface area contributed by atoms with Crippen molar-refractivity contribution in [3.63, 3.8) is 0 Å². The Morgan fingerprint density at radius 2 is 2.07 bits per heavy atom. The van der Waals surface area contributed by atoms with Gasteiger partial charge in [-0.2, -0.15) is 5.10 Å². The Hall–Kier alpha value is -2.21. The number of benzene rings is 2. The molecule has 154 valence electrons. The first kappa shape index (κ1) is 21.5. The minimum absolute atomic E-state index is 0. The Kier molecular flexibility index (Phi) is 7.42. The van der Waals surface area contributed by atoms with Crippen molar-refractivity contribution in [2.75, 3.05) is 7.05 Å². The van der Waals surface area contributed by atoms with Crippen LogP contribution >= 0.6 is 24.0 Å². The molecule has 0 amide bonds. The number of rotatable bonds is 7. The lowest BCUT2D eigenvalue weighted by Gasteiger charge is -2.26. The fourth-order valence-corrected chi connectivity index (χ4v) is 3.66. The van der Waals surface area contributed by atoms with Gasteiger partial charge in [-0.1, -0.05) is 41.9 Å². The maximum absolute atomic E-state index is 6.19. The average molecular weight is 434 g/mol. The molecule has 1 aliphatic rings. The molecule has 2 heterocycles. The van der Waals surface area contributed by atoms with Crippen LogP contribution in [0.4, 0.5) is 0 Å². The van der Waals surface area contributed by atoms with Crippen LogP contribution in [0.3, 0.4) is 0 Å². The minimum Gasteiger partial charge on any atom is -0.488 e. The Balaban J connectivity index is 0.00000240. The van der Waals surface area contributed by atoms with Crippen LogP contribution in [-0.2, 0) is 26.1 Å². The van der Waals surface area contributed by atoms with E-state index in [0.29, 0.717) is 24.7 Å². The highest BCUT2D eigenvalue weighted by Gasteiger charge is 2.22. The molecule has 1 unspecified atom stereocenters. The molecule has 1 atom stereocenters. The summed E-state index contributed by atoms with van der Waals surface area (Å²) in [6.45, 7) is 1.79. The molecule has 0 saturated carbocycles. The maximum Gasteiger partial charge on any atom is 0.212 e. The van der Waals surface area contributed by atoms with Crippen LogP contribution in [0.5, 0.6) is 11.6 Å². The van der Waals surface area contributed by atoms with Crippen molar-refractivity contribution in [3.8, 4) is 11.6 Å². The fourth-order valence-electron chi connectivity index (χ4n) is 3.45. The van der Waals surface area contributed by atoms with E-state index in [9.17, 15) is 0 Å². The van der Waals surface area contributed by atoms with E-state index in [2.05, 4.69) is 17.4 Å². The van der Waals surface area contributed by atoms with Gasteiger partial charge < -0.3 is 14.8 Å². The normalized spacial score (nSPS) is 15.2. The zero-order valence-corrected chi connectivity index (χ0v) is 17.9. The van der Waals surface area contributed by atoms with E-state index in [-0.39, 0.29) is 18.5 Å². The predicted octanol–water partition coefficient (Wildman–Crippen LogP) is 4.65. The number of nitrogens with one attached hydrogen (secondary N) is 1. The molecule has 0 aliphatic carbocycles. The molecule has 2 aromatic carbocycles. The van der Waals surface area contributed by atoms with E-state index in [4.69, 9.17) is 26.2 Å². The van der Waals surface area contributed by atoms with Crippen LogP contribution in [0.2, 0.25) is 5.02 Å². The molecular formula is C22H25Cl2N3O2. The summed E-state index contributed by atoms with van der Waals surface area (Å²) in [7, 11) is 1.91. The summed E-state index contributed by atoms with van der Waals surface area (Å²) in [5.41, 5.74) is 3.24. The summed E-state index contributed by atoms with van der Waals surface area (Å²) in [5, 5.41) is 8.55. The number of aromatic nitrogens is 2. The largest absolute Gasteiger partial charge is 0.488 e. The number of hydrogen-bond acceptors (Lipinski definition) is 4. The number of nitrogens with zero attached hydrogens (tertiary/aromatic N) is 2. The molecule has 4 rings (SSSR count). The molecule has 1 N–H and O–H groups in total. The van der Waals surface area contributed by atoms with Gasteiger partial charge in [0.25, 0.3) is 0 Å². The summed E-state index contributed by atoms with van der Waals surface area (Å²) in [6.07, 6.45) is 2.06. The summed E-state index contributed by atoms with van der Waals surface area (Å²) < 4.78 is 14.2. The van der Waals surface area contributed by atoms with Crippen molar-refractivity contribution < 1.29 is 9.47 Å². The number of para-hydroxylation sites is 1. The molecule has 5 nitrogen and oxygen atoms in total. The maximum atomic E-state index is 6.19. The van der Waals surface area contributed by atoms with Crippen LogP contribution in [0.25, 0.3) is 0 Å². The molecule has 1 aliphatic heterocycles. The molecule has 0 fully saturated rings. The van der Waals surface area contributed by atoms with Crippen molar-refractivity contribution in [1.82, 2.24) is 15.1 Å². The van der Waals surface area contributed by atoms with Crippen LogP contribution in [0, 0.1) is 0 Å². The standard InChI is InChI=1S/C22H24ClN3O2.ClH/c1-24-13-19-12-22(27-15-16-5-4-7-18(23)11-16)26(25-19)14-20-10-9-17-6-2-3-8-21(17)28-20;/h2-8,11-12,20,24H,9-10,13-15H2,1H3;1H. The second-order valence-corrected chi connectivity index (χ2v) is 7.43. The molecular weight excluding hydrogens is 409 g/mol. The highest BCUT2D eigenvalue weighted by molar-refractivity contribution is 6.30. The SMILES string of the molecule is CNCc1cc(OCc2cccc(Cl)c2)n(CC2CCc3ccccc3O2)n1.Cl. The molecule has 3 aromatic rings. The van der Waals surface area contributed by atoms with Crippen molar-refractivity contribution in [3.05, 3.63) is 76.4 Å². The Morgan fingerprint density at radius 1 is 1.21 bits per heavy atom. The van der Waals surface area contributed by atoms with Gasteiger partial charge >= 0.3 is 0 Å². The lowest BCUT2D eigenvalue weighted by molar-refractivity contribution is 0.141. The van der Waals surface area contributed by atoms with Crippen molar-refractivity contribution in [2.24, 2.45) is 0 Å². The molecule has 29 heavy (non-hydrogen) atoms. The van der Waals surface area contributed by atoms with E-state index in [1.807, 2.05) is 54.2 Å². The van der Waals surface area contributed by atoms with Crippen LogP contribution in [-0.4, -0.2) is 22.9 Å². The third kappa shape index (κ3) is 5.44. The zero-order chi connectivity index (χ0) is 19.3. The van der Waals surface area contributed by atoms with Gasteiger partial charge in [-0.3, -0.25) is 0 Å². The second-order valence-electron chi connectivity index (χ2n) is 6.99. The molecule has 0 saturated heterocycles. The van der Waals surface area contributed by atoms with E-state index in [1.165, 1.54) is 5.56 Å². The Bertz CT molecular complexity index is 945. The molecule has 0 spiro atoms. The number of ether oxygens (including phenoxy) is 2. The van der Waals surface area contributed by atoms with Crippen LogP contribution in [0.15, 0.2) is 54.6 Å². The molecule has 1 aromatic heterocycles. The Labute approximate surface area is 182 Å². The van der Waals surface area contributed by atoms with E-state index < -0.39 is 0 Å². The summed E-state index contributed by atoms with van der Waals surface area (Å²) in [4.78, 5) is 0. The van der Waals surface area contributed by atoms with Crippen LogP contribution in [0.1, 0.15) is 23.2 Å². The van der Waals surface area contributed by atoms with Gasteiger partial charge in [0.1, 0.15) is 18.5 Å². The van der Waals surface area contributed by atoms with Gasteiger partial charge in [0, 0.05) is 17.6 Å². The number of aryl methyl sites for hydroxylation is 1. The van der Waals surface area contributed by atoms with Gasteiger partial charge in [0.05, 0.1) is 12.2 Å². The zero-order valence-electron chi connectivity index (χ0n) is 16.3. The number of hydrogen-bond donors (Lipinski definition) is 1. The highest BCUT2D eigenvalue weighted by Crippen LogP contribution is 2.28. The van der Waals surface area contributed by atoms with E-state index in [1.54, 1.807) is 0 Å². The molecule has 0 bridgehead atoms. The summed E-state index contributed by atoms with van der Waals surface area (Å²) >= 11 is 6.08. The quantitative estimate of drug-likeness (QED) is 0.588. The average Bonchev–Trinajstić information content (AvgIpc) is 3.08. The summed E-state index contributed by atoms with van der Waals surface area (Å²) in [6, 6.07) is 17.9. The molecule has 7 heteroatoms. The first-order chi connectivity index (χ1) is 13.7. The van der Waals surface area contributed by atoms with Gasteiger partial charge in [-0.25, -0.2) is 4.68 Å². The summed E-state index contributed by atoms with van der Waals surface area (Å²) in [5.74, 6) is 1.72. The van der Waals surface area contributed by atoms with Crippen molar-refractivity contribution in [1.29, 1.82) is 0 Å². The second kappa shape index (κ2) is 10.0. The first-order valence-electron chi connectivity index (χ1n) is 9.54. The lowest BCUT2D eigenvalue weighted by Crippen LogP contribution is -2.28. The monoisotopic (exact) mass is 433 g/mol. The number of halogens is 2. The predicted molar refractivity (Wildman–Crippen MR) is 117 cm³/mol. The minimum atomic E-state index is 0. The fraction of sp³-hybridized carbons (Fsp3) is 0.318. The molecule has 0 radical (unpaired) electrons. The Morgan fingerprint density at radius 3 is 2.90 bits per heavy atom. The van der Waals surface area contributed by atoms with Gasteiger partial charge in [0.15, 0.2) is 0 Å². The highest BCUT2D eigenvalue weighted by atomic mass is 35.5. The van der Waals surface area contributed by atoms with E-state index >= 15 is 0 Å². The third-order valence-corrected chi connectivity index (χ3v) is 5.04. The lowest BCUT2D eigenvalue weighted by atomic mass is 10.0. The van der Waals surface area contributed by atoms with Crippen LogP contribution < -0.4 is 14.8 Å². The van der Waals surface area contributed by atoms with Crippen molar-refractivity contribution >= 4 is 24.0 Å². The third-order valence-electron chi connectivity index (χ3n) is 4.81. The topological polar surface area (TPSA) is 48.3 Å². The van der Waals surface area contributed by atoms with Gasteiger partial charge in [-0.15, -0.1) is 12.4 Å².